The number of methoxy groups -OCH3 is 1. The molecular weight excluding hydrogens is 286 g/mol. The Kier molecular flexibility index (Phi) is 4.53. The van der Waals surface area contributed by atoms with E-state index in [0.717, 1.165) is 0 Å². The first-order valence-corrected chi connectivity index (χ1v) is 6.35. The number of hydrogen-bond acceptors (Lipinski definition) is 4. The van der Waals surface area contributed by atoms with Gasteiger partial charge in [-0.15, -0.1) is 0 Å². The molecule has 0 atom stereocenters. The summed E-state index contributed by atoms with van der Waals surface area (Å²) < 4.78 is 4.97. The van der Waals surface area contributed by atoms with Crippen LogP contribution in [0, 0.1) is 0 Å². The van der Waals surface area contributed by atoms with Gasteiger partial charge in [0.2, 0.25) is 0 Å². The van der Waals surface area contributed by atoms with E-state index in [1.807, 2.05) is 0 Å². The van der Waals surface area contributed by atoms with Crippen LogP contribution in [0.2, 0.25) is 0 Å². The molecule has 0 aromatic heterocycles. The van der Waals surface area contributed by atoms with Crippen molar-refractivity contribution in [3.63, 3.8) is 0 Å². The van der Waals surface area contributed by atoms with Crippen molar-refractivity contribution >= 4 is 23.3 Å². The van der Waals surface area contributed by atoms with Gasteiger partial charge in [0.05, 0.1) is 18.4 Å². The first-order chi connectivity index (χ1) is 10.5. The summed E-state index contributed by atoms with van der Waals surface area (Å²) in [6.07, 6.45) is 0. The molecular formula is C16H13NO5. The molecule has 2 rings (SSSR count). The highest BCUT2D eigenvalue weighted by atomic mass is 16.5. The molecule has 22 heavy (non-hydrogen) atoms. The fourth-order valence-electron chi connectivity index (χ4n) is 1.83. The van der Waals surface area contributed by atoms with Crippen LogP contribution in [0.25, 0.3) is 0 Å². The van der Waals surface area contributed by atoms with E-state index in [0.29, 0.717) is 5.75 Å². The maximum Gasteiger partial charge on any atom is 0.337 e. The van der Waals surface area contributed by atoms with Crippen molar-refractivity contribution in [3.05, 3.63) is 59.7 Å². The van der Waals surface area contributed by atoms with E-state index < -0.39 is 17.7 Å². The fourth-order valence-corrected chi connectivity index (χ4v) is 1.83. The van der Waals surface area contributed by atoms with E-state index in [9.17, 15) is 14.4 Å². The summed E-state index contributed by atoms with van der Waals surface area (Å²) in [6, 6.07) is 11.9. The number of anilines is 1. The highest BCUT2D eigenvalue weighted by Crippen LogP contribution is 2.16. The minimum Gasteiger partial charge on any atom is -0.497 e. The third-order valence-electron chi connectivity index (χ3n) is 2.96. The first kappa shape index (κ1) is 15.2. The summed E-state index contributed by atoms with van der Waals surface area (Å²) >= 11 is 0. The molecule has 2 aromatic rings. The molecule has 0 spiro atoms. The van der Waals surface area contributed by atoms with Gasteiger partial charge in [0.1, 0.15) is 5.75 Å². The number of carboxylic acids is 1. The van der Waals surface area contributed by atoms with Gasteiger partial charge in [-0.25, -0.2) is 4.79 Å². The fraction of sp³-hybridized carbons (Fsp3) is 0.0625. The number of nitrogens with one attached hydrogen (secondary N) is 1. The number of aromatic carboxylic acids is 1. The number of carboxylic acid groups (broad SMARTS) is 1. The Hall–Kier alpha value is -3.15. The maximum absolute atomic E-state index is 12.0. The number of para-hydroxylation sites is 1. The third-order valence-corrected chi connectivity index (χ3v) is 2.96. The second-order valence-corrected chi connectivity index (χ2v) is 4.36. The molecule has 0 aliphatic heterocycles. The van der Waals surface area contributed by atoms with Gasteiger partial charge in [0, 0.05) is 5.56 Å². The van der Waals surface area contributed by atoms with Crippen molar-refractivity contribution in [1.29, 1.82) is 0 Å². The van der Waals surface area contributed by atoms with Crippen LogP contribution in [-0.2, 0) is 4.79 Å². The number of hydrogen-bond donors (Lipinski definition) is 2. The van der Waals surface area contributed by atoms with Crippen LogP contribution in [-0.4, -0.2) is 29.9 Å². The summed E-state index contributed by atoms with van der Waals surface area (Å²) in [5.41, 5.74) is 0.173. The van der Waals surface area contributed by atoms with Gasteiger partial charge < -0.3 is 15.2 Å². The average Bonchev–Trinajstić information content (AvgIpc) is 2.54. The predicted molar refractivity (Wildman–Crippen MR) is 79.4 cm³/mol. The third kappa shape index (κ3) is 3.29. The first-order valence-electron chi connectivity index (χ1n) is 6.35. The standard InChI is InChI=1S/C16H13NO5/c1-22-11-8-6-10(7-9-11)14(18)15(19)17-13-5-3-2-4-12(13)16(20)21/h2-9H,1H3,(H,17,19)(H,20,21). The van der Waals surface area contributed by atoms with E-state index in [2.05, 4.69) is 5.32 Å². The Labute approximate surface area is 126 Å². The largest absolute Gasteiger partial charge is 0.497 e. The Morgan fingerprint density at radius 1 is 1.00 bits per heavy atom. The molecule has 112 valence electrons. The van der Waals surface area contributed by atoms with Crippen LogP contribution in [0.4, 0.5) is 5.69 Å². The normalized spacial score (nSPS) is 9.86. The second-order valence-electron chi connectivity index (χ2n) is 4.36. The van der Waals surface area contributed by atoms with Gasteiger partial charge in [-0.05, 0) is 36.4 Å². The Morgan fingerprint density at radius 3 is 2.23 bits per heavy atom. The molecule has 2 N–H and O–H groups in total. The van der Waals surface area contributed by atoms with Crippen LogP contribution in [0.1, 0.15) is 20.7 Å². The van der Waals surface area contributed by atoms with Crippen molar-refractivity contribution < 1.29 is 24.2 Å². The summed E-state index contributed by atoms with van der Waals surface area (Å²) in [5.74, 6) is -2.29. The van der Waals surface area contributed by atoms with Crippen LogP contribution < -0.4 is 10.1 Å². The lowest BCUT2D eigenvalue weighted by molar-refractivity contribution is -0.112. The molecule has 6 nitrogen and oxygen atoms in total. The summed E-state index contributed by atoms with van der Waals surface area (Å²) in [4.78, 5) is 35.1. The molecule has 0 saturated carbocycles. The van der Waals surface area contributed by atoms with E-state index in [1.165, 1.54) is 37.4 Å². The van der Waals surface area contributed by atoms with Crippen LogP contribution in [0.15, 0.2) is 48.5 Å². The number of Topliss-reactive ketones (excluding diaryl/α,β-unsaturated/α-hetero) is 1. The average molecular weight is 299 g/mol. The molecule has 0 saturated heterocycles. The van der Waals surface area contributed by atoms with E-state index in [1.54, 1.807) is 18.2 Å². The van der Waals surface area contributed by atoms with Crippen molar-refractivity contribution in [3.8, 4) is 5.75 Å². The highest BCUT2D eigenvalue weighted by Gasteiger charge is 2.19. The van der Waals surface area contributed by atoms with Crippen molar-refractivity contribution in [2.75, 3.05) is 12.4 Å². The lowest BCUT2D eigenvalue weighted by Crippen LogP contribution is -2.24. The number of amides is 1. The number of ketones is 1. The molecule has 0 aliphatic carbocycles. The van der Waals surface area contributed by atoms with E-state index >= 15 is 0 Å². The molecule has 6 heteroatoms. The topological polar surface area (TPSA) is 92.7 Å². The lowest BCUT2D eigenvalue weighted by Gasteiger charge is -2.08. The lowest BCUT2D eigenvalue weighted by atomic mass is 10.1. The van der Waals surface area contributed by atoms with Crippen molar-refractivity contribution in [2.45, 2.75) is 0 Å². The smallest absolute Gasteiger partial charge is 0.337 e. The molecule has 0 unspecified atom stereocenters. The number of carbonyl (C=O) groups is 3. The van der Waals surface area contributed by atoms with Crippen LogP contribution >= 0.6 is 0 Å². The molecule has 2 aromatic carbocycles. The Morgan fingerprint density at radius 2 is 1.64 bits per heavy atom. The van der Waals surface area contributed by atoms with Crippen LogP contribution in [0.5, 0.6) is 5.75 Å². The summed E-state index contributed by atoms with van der Waals surface area (Å²) in [5, 5.41) is 11.4. The molecule has 0 aliphatic rings. The Bertz CT molecular complexity index is 722. The number of rotatable bonds is 5. The zero-order chi connectivity index (χ0) is 16.1. The van der Waals surface area contributed by atoms with Gasteiger partial charge in [-0.3, -0.25) is 9.59 Å². The number of ether oxygens (including phenoxy) is 1. The number of benzene rings is 2. The molecule has 1 amide bonds. The van der Waals surface area contributed by atoms with E-state index in [-0.39, 0.29) is 16.8 Å². The zero-order valence-electron chi connectivity index (χ0n) is 11.7. The van der Waals surface area contributed by atoms with Gasteiger partial charge in [-0.2, -0.15) is 0 Å². The highest BCUT2D eigenvalue weighted by molar-refractivity contribution is 6.46. The Balaban J connectivity index is 2.18. The van der Waals surface area contributed by atoms with Gasteiger partial charge in [0.15, 0.2) is 0 Å². The summed E-state index contributed by atoms with van der Waals surface area (Å²) in [7, 11) is 1.49. The zero-order valence-corrected chi connectivity index (χ0v) is 11.7. The molecule has 0 fully saturated rings. The summed E-state index contributed by atoms with van der Waals surface area (Å²) in [6.45, 7) is 0. The maximum atomic E-state index is 12.0. The molecule has 0 radical (unpaired) electrons. The monoisotopic (exact) mass is 299 g/mol. The predicted octanol–water partition coefficient (Wildman–Crippen LogP) is 2.21. The van der Waals surface area contributed by atoms with Crippen molar-refractivity contribution in [2.24, 2.45) is 0 Å². The minimum atomic E-state index is -1.19. The SMILES string of the molecule is COc1ccc(C(=O)C(=O)Nc2ccccc2C(=O)O)cc1. The second kappa shape index (κ2) is 6.53. The molecule has 0 heterocycles. The van der Waals surface area contributed by atoms with E-state index in [4.69, 9.17) is 9.84 Å². The molecule has 0 bridgehead atoms. The minimum absolute atomic E-state index is 0.0712. The van der Waals surface area contributed by atoms with Gasteiger partial charge >= 0.3 is 5.97 Å². The van der Waals surface area contributed by atoms with Crippen LogP contribution in [0.3, 0.4) is 0 Å². The van der Waals surface area contributed by atoms with Gasteiger partial charge in [-0.1, -0.05) is 12.1 Å². The number of carbonyl (C=O) groups excluding carboxylic acids is 2. The quantitative estimate of drug-likeness (QED) is 0.652. The van der Waals surface area contributed by atoms with Gasteiger partial charge in [0.25, 0.3) is 11.7 Å². The van der Waals surface area contributed by atoms with Crippen molar-refractivity contribution in [1.82, 2.24) is 0 Å².